The van der Waals surface area contributed by atoms with Gasteiger partial charge >= 0.3 is 0 Å². The first kappa shape index (κ1) is 9.03. The fraction of sp³-hybridized carbons (Fsp3) is 0.333. The Labute approximate surface area is 71.2 Å². The van der Waals surface area contributed by atoms with Crippen molar-refractivity contribution in [3.63, 3.8) is 0 Å². The molecule has 0 saturated heterocycles. The van der Waals surface area contributed by atoms with Crippen LogP contribution < -0.4 is 0 Å². The highest BCUT2D eigenvalue weighted by molar-refractivity contribution is 5.39. The van der Waals surface area contributed by atoms with E-state index < -0.39 is 0 Å². The van der Waals surface area contributed by atoms with Crippen LogP contribution >= 0.6 is 0 Å². The van der Waals surface area contributed by atoms with E-state index in [1.54, 1.807) is 25.3 Å². The van der Waals surface area contributed by atoms with Gasteiger partial charge in [-0.05, 0) is 0 Å². The number of phenols is 1. The van der Waals surface area contributed by atoms with Crippen LogP contribution in [0, 0.1) is 0 Å². The first-order chi connectivity index (χ1) is 5.79. The molecular formula is C9H12O3. The van der Waals surface area contributed by atoms with E-state index in [-0.39, 0.29) is 12.4 Å². The molecule has 0 fully saturated rings. The number of hydrogen-bond donors (Lipinski definition) is 2. The van der Waals surface area contributed by atoms with Crippen LogP contribution in [-0.2, 0) is 18.0 Å². The van der Waals surface area contributed by atoms with Gasteiger partial charge in [0.05, 0.1) is 13.2 Å². The van der Waals surface area contributed by atoms with Gasteiger partial charge in [0, 0.05) is 18.2 Å². The van der Waals surface area contributed by atoms with E-state index >= 15 is 0 Å². The Kier molecular flexibility index (Phi) is 3.08. The Balaban J connectivity index is 2.97. The minimum Gasteiger partial charge on any atom is -0.507 e. The lowest BCUT2D eigenvalue weighted by atomic mass is 10.1. The van der Waals surface area contributed by atoms with Gasteiger partial charge in [-0.3, -0.25) is 0 Å². The summed E-state index contributed by atoms with van der Waals surface area (Å²) in [5.74, 6) is 0.127. The lowest BCUT2D eigenvalue weighted by molar-refractivity contribution is 0.181. The van der Waals surface area contributed by atoms with E-state index in [9.17, 15) is 5.11 Å². The Bertz CT molecular complexity index is 258. The summed E-state index contributed by atoms with van der Waals surface area (Å²) in [6.07, 6.45) is 0. The summed E-state index contributed by atoms with van der Waals surface area (Å²) in [5, 5.41) is 18.3. The Hall–Kier alpha value is -1.06. The third kappa shape index (κ3) is 1.75. The fourth-order valence-corrected chi connectivity index (χ4v) is 1.04. The molecule has 0 amide bonds. The summed E-state index contributed by atoms with van der Waals surface area (Å²) >= 11 is 0. The number of hydrogen-bond acceptors (Lipinski definition) is 3. The van der Waals surface area contributed by atoms with Crippen molar-refractivity contribution in [3.05, 3.63) is 29.3 Å². The summed E-state index contributed by atoms with van der Waals surface area (Å²) in [6.45, 7) is 0.211. The third-order valence-electron chi connectivity index (χ3n) is 1.67. The molecule has 0 aromatic heterocycles. The minimum absolute atomic E-state index is 0.127. The first-order valence-corrected chi connectivity index (χ1v) is 3.69. The van der Waals surface area contributed by atoms with Crippen molar-refractivity contribution in [2.75, 3.05) is 7.11 Å². The van der Waals surface area contributed by atoms with Crippen LogP contribution in [0.1, 0.15) is 11.1 Å². The molecule has 0 aliphatic carbocycles. The van der Waals surface area contributed by atoms with Crippen molar-refractivity contribution in [1.29, 1.82) is 0 Å². The van der Waals surface area contributed by atoms with Crippen molar-refractivity contribution in [2.24, 2.45) is 0 Å². The van der Waals surface area contributed by atoms with Crippen molar-refractivity contribution < 1.29 is 14.9 Å². The van der Waals surface area contributed by atoms with Crippen molar-refractivity contribution in [2.45, 2.75) is 13.2 Å². The Morgan fingerprint density at radius 1 is 1.33 bits per heavy atom. The fourth-order valence-electron chi connectivity index (χ4n) is 1.04. The van der Waals surface area contributed by atoms with Crippen LogP contribution in [0.3, 0.4) is 0 Å². The molecule has 1 rings (SSSR count). The summed E-state index contributed by atoms with van der Waals surface area (Å²) in [5.41, 5.74) is 1.23. The highest BCUT2D eigenvalue weighted by Crippen LogP contribution is 2.22. The molecule has 0 unspecified atom stereocenters. The maximum atomic E-state index is 9.48. The second kappa shape index (κ2) is 4.09. The van der Waals surface area contributed by atoms with Crippen LogP contribution in [0.2, 0.25) is 0 Å². The molecule has 2 N–H and O–H groups in total. The molecular weight excluding hydrogens is 156 g/mol. The molecule has 66 valence electrons. The number of rotatable bonds is 3. The highest BCUT2D eigenvalue weighted by Gasteiger charge is 2.04. The van der Waals surface area contributed by atoms with E-state index in [0.717, 1.165) is 0 Å². The van der Waals surface area contributed by atoms with Gasteiger partial charge in [0.1, 0.15) is 5.75 Å². The third-order valence-corrected chi connectivity index (χ3v) is 1.67. The molecule has 1 aromatic rings. The predicted octanol–water partition coefficient (Wildman–Crippen LogP) is 1.03. The zero-order valence-electron chi connectivity index (χ0n) is 6.95. The van der Waals surface area contributed by atoms with Gasteiger partial charge in [-0.1, -0.05) is 18.2 Å². The van der Waals surface area contributed by atoms with Gasteiger partial charge < -0.3 is 14.9 Å². The molecule has 1 aromatic carbocycles. The molecule has 0 radical (unpaired) electrons. The molecule has 0 spiro atoms. The largest absolute Gasteiger partial charge is 0.507 e. The highest BCUT2D eigenvalue weighted by atomic mass is 16.5. The van der Waals surface area contributed by atoms with E-state index in [0.29, 0.717) is 17.7 Å². The molecule has 0 aliphatic rings. The van der Waals surface area contributed by atoms with E-state index in [1.807, 2.05) is 0 Å². The van der Waals surface area contributed by atoms with E-state index in [2.05, 4.69) is 0 Å². The molecule has 0 saturated carbocycles. The zero-order valence-corrected chi connectivity index (χ0v) is 6.95. The van der Waals surface area contributed by atoms with Gasteiger partial charge in [-0.25, -0.2) is 0 Å². The number of benzene rings is 1. The topological polar surface area (TPSA) is 49.7 Å². The SMILES string of the molecule is COCc1cccc(CO)c1O. The van der Waals surface area contributed by atoms with Gasteiger partial charge in [0.25, 0.3) is 0 Å². The second-order valence-corrected chi connectivity index (χ2v) is 2.52. The molecule has 3 nitrogen and oxygen atoms in total. The molecule has 0 bridgehead atoms. The lowest BCUT2D eigenvalue weighted by Crippen LogP contribution is -1.92. The number of aliphatic hydroxyl groups is 1. The van der Waals surface area contributed by atoms with E-state index in [1.165, 1.54) is 0 Å². The Morgan fingerprint density at radius 3 is 2.58 bits per heavy atom. The molecule has 0 atom stereocenters. The van der Waals surface area contributed by atoms with Gasteiger partial charge in [-0.15, -0.1) is 0 Å². The van der Waals surface area contributed by atoms with Gasteiger partial charge in [-0.2, -0.15) is 0 Å². The molecule has 0 aliphatic heterocycles. The predicted molar refractivity (Wildman–Crippen MR) is 44.7 cm³/mol. The Morgan fingerprint density at radius 2 is 2.00 bits per heavy atom. The number of para-hydroxylation sites is 1. The quantitative estimate of drug-likeness (QED) is 0.708. The number of methoxy groups -OCH3 is 1. The van der Waals surface area contributed by atoms with E-state index in [4.69, 9.17) is 9.84 Å². The summed E-state index contributed by atoms with van der Waals surface area (Å²) in [6, 6.07) is 5.21. The average Bonchev–Trinajstić information content (AvgIpc) is 2.09. The van der Waals surface area contributed by atoms with Crippen LogP contribution in [-0.4, -0.2) is 17.3 Å². The second-order valence-electron chi connectivity index (χ2n) is 2.52. The smallest absolute Gasteiger partial charge is 0.126 e. The van der Waals surface area contributed by atoms with Crippen LogP contribution in [0.4, 0.5) is 0 Å². The number of aliphatic hydroxyl groups excluding tert-OH is 1. The first-order valence-electron chi connectivity index (χ1n) is 3.69. The summed E-state index contributed by atoms with van der Waals surface area (Å²) in [4.78, 5) is 0. The normalized spacial score (nSPS) is 10.2. The van der Waals surface area contributed by atoms with Crippen LogP contribution in [0.25, 0.3) is 0 Å². The molecule has 3 heteroatoms. The van der Waals surface area contributed by atoms with Crippen molar-refractivity contribution in [3.8, 4) is 5.75 Å². The lowest BCUT2D eigenvalue weighted by Gasteiger charge is -2.06. The molecule has 0 heterocycles. The monoisotopic (exact) mass is 168 g/mol. The van der Waals surface area contributed by atoms with Crippen LogP contribution in [0.5, 0.6) is 5.75 Å². The molecule has 12 heavy (non-hydrogen) atoms. The number of ether oxygens (including phenoxy) is 1. The van der Waals surface area contributed by atoms with Gasteiger partial charge in [0.15, 0.2) is 0 Å². The maximum absolute atomic E-state index is 9.48. The minimum atomic E-state index is -0.149. The summed E-state index contributed by atoms with van der Waals surface area (Å²) < 4.78 is 4.87. The standard InChI is InChI=1S/C9H12O3/c1-12-6-8-4-2-3-7(5-10)9(8)11/h2-4,10-11H,5-6H2,1H3. The van der Waals surface area contributed by atoms with Crippen molar-refractivity contribution in [1.82, 2.24) is 0 Å². The van der Waals surface area contributed by atoms with Crippen LogP contribution in [0.15, 0.2) is 18.2 Å². The average molecular weight is 168 g/mol. The maximum Gasteiger partial charge on any atom is 0.126 e. The summed E-state index contributed by atoms with van der Waals surface area (Å²) in [7, 11) is 1.56. The number of aromatic hydroxyl groups is 1. The zero-order chi connectivity index (χ0) is 8.97. The van der Waals surface area contributed by atoms with Crippen molar-refractivity contribution >= 4 is 0 Å². The van der Waals surface area contributed by atoms with Gasteiger partial charge in [0.2, 0.25) is 0 Å².